The summed E-state index contributed by atoms with van der Waals surface area (Å²) in [5, 5.41) is 6.39. The molecule has 0 radical (unpaired) electrons. The van der Waals surface area contributed by atoms with E-state index in [0.29, 0.717) is 18.0 Å². The molecular weight excluding hydrogens is 244 g/mol. The zero-order chi connectivity index (χ0) is 13.8. The van der Waals surface area contributed by atoms with Gasteiger partial charge in [-0.3, -0.25) is 4.79 Å². The van der Waals surface area contributed by atoms with Crippen LogP contribution in [0.1, 0.15) is 27.9 Å². The lowest BCUT2D eigenvalue weighted by molar-refractivity contribution is 0.101. The fourth-order valence-electron chi connectivity index (χ4n) is 1.65. The Bertz CT molecular complexity index is 580. The van der Waals surface area contributed by atoms with Crippen LogP contribution in [0.15, 0.2) is 34.9 Å². The molecule has 6 heteroatoms. The van der Waals surface area contributed by atoms with Gasteiger partial charge >= 0.3 is 0 Å². The summed E-state index contributed by atoms with van der Waals surface area (Å²) in [7, 11) is 0. The molecule has 0 unspecified atom stereocenters. The van der Waals surface area contributed by atoms with E-state index < -0.39 is 0 Å². The second-order valence-corrected chi connectivity index (χ2v) is 4.24. The first-order chi connectivity index (χ1) is 9.10. The first-order valence-electron chi connectivity index (χ1n) is 5.90. The van der Waals surface area contributed by atoms with Gasteiger partial charge in [0.15, 0.2) is 5.69 Å². The van der Waals surface area contributed by atoms with Gasteiger partial charge in [-0.2, -0.15) is 0 Å². The molecule has 1 heterocycles. The number of amides is 1. The molecule has 0 saturated carbocycles. The van der Waals surface area contributed by atoms with Crippen LogP contribution in [-0.4, -0.2) is 17.6 Å². The highest BCUT2D eigenvalue weighted by molar-refractivity contribution is 6.02. The summed E-state index contributed by atoms with van der Waals surface area (Å²) < 4.78 is 4.86. The van der Waals surface area contributed by atoms with Gasteiger partial charge in [-0.05, 0) is 24.6 Å². The van der Waals surface area contributed by atoms with E-state index in [2.05, 4.69) is 10.5 Å². The third-order valence-corrected chi connectivity index (χ3v) is 2.69. The van der Waals surface area contributed by atoms with Gasteiger partial charge in [-0.15, -0.1) is 0 Å². The van der Waals surface area contributed by atoms with Crippen molar-refractivity contribution in [2.75, 3.05) is 11.9 Å². The third-order valence-electron chi connectivity index (χ3n) is 2.69. The van der Waals surface area contributed by atoms with Crippen LogP contribution in [0.4, 0.5) is 5.69 Å². The van der Waals surface area contributed by atoms with Gasteiger partial charge in [0.05, 0.1) is 0 Å². The lowest BCUT2D eigenvalue weighted by Gasteiger charge is -2.11. The number of aryl methyl sites for hydroxylation is 1. The van der Waals surface area contributed by atoms with Crippen LogP contribution in [0.25, 0.3) is 0 Å². The van der Waals surface area contributed by atoms with Gasteiger partial charge in [-0.25, -0.2) is 0 Å². The van der Waals surface area contributed by atoms with Crippen molar-refractivity contribution in [2.24, 2.45) is 11.5 Å². The number of nitrogens with zero attached hydrogens (tertiary/aromatic N) is 1. The maximum absolute atomic E-state index is 11.9. The second kappa shape index (κ2) is 5.64. The van der Waals surface area contributed by atoms with Crippen molar-refractivity contribution in [3.05, 3.63) is 47.3 Å². The number of rotatable bonds is 4. The van der Waals surface area contributed by atoms with Crippen LogP contribution < -0.4 is 16.8 Å². The predicted octanol–water partition coefficient (Wildman–Crippen LogP) is 1.19. The molecule has 2 rings (SSSR count). The Balaban J connectivity index is 2.13. The van der Waals surface area contributed by atoms with Crippen molar-refractivity contribution in [2.45, 2.75) is 13.0 Å². The van der Waals surface area contributed by atoms with Crippen LogP contribution in [-0.2, 0) is 0 Å². The highest BCUT2D eigenvalue weighted by Gasteiger charge is 2.12. The molecule has 0 aliphatic rings. The molecule has 100 valence electrons. The number of hydrogen-bond donors (Lipinski definition) is 3. The fraction of sp³-hybridized carbons (Fsp3) is 0.231. The van der Waals surface area contributed by atoms with Crippen molar-refractivity contribution in [1.82, 2.24) is 5.16 Å². The van der Waals surface area contributed by atoms with E-state index in [4.69, 9.17) is 16.0 Å². The van der Waals surface area contributed by atoms with Crippen LogP contribution >= 0.6 is 0 Å². The van der Waals surface area contributed by atoms with E-state index in [9.17, 15) is 4.79 Å². The van der Waals surface area contributed by atoms with Crippen molar-refractivity contribution < 1.29 is 9.32 Å². The van der Waals surface area contributed by atoms with Gasteiger partial charge in [0.1, 0.15) is 5.76 Å². The summed E-state index contributed by atoms with van der Waals surface area (Å²) in [6, 6.07) is 8.58. The van der Waals surface area contributed by atoms with Crippen LogP contribution in [0.3, 0.4) is 0 Å². The molecule has 0 spiro atoms. The first kappa shape index (κ1) is 13.3. The molecule has 5 N–H and O–H groups in total. The first-order valence-corrected chi connectivity index (χ1v) is 5.90. The normalized spacial score (nSPS) is 12.2. The molecule has 2 aromatic rings. The molecular formula is C13H16N4O2. The molecule has 1 aromatic heterocycles. The number of carbonyl (C=O) groups is 1. The summed E-state index contributed by atoms with van der Waals surface area (Å²) in [6.45, 7) is 2.07. The van der Waals surface area contributed by atoms with Gasteiger partial charge in [0.2, 0.25) is 0 Å². The van der Waals surface area contributed by atoms with E-state index in [1.165, 1.54) is 0 Å². The summed E-state index contributed by atoms with van der Waals surface area (Å²) in [6.07, 6.45) is 0. The zero-order valence-electron chi connectivity index (χ0n) is 10.6. The van der Waals surface area contributed by atoms with Gasteiger partial charge < -0.3 is 21.3 Å². The summed E-state index contributed by atoms with van der Waals surface area (Å²) in [5.41, 5.74) is 13.1. The molecule has 1 aromatic carbocycles. The molecule has 0 aliphatic heterocycles. The zero-order valence-corrected chi connectivity index (χ0v) is 10.6. The minimum atomic E-state index is -0.324. The maximum Gasteiger partial charge on any atom is 0.277 e. The largest absolute Gasteiger partial charge is 0.361 e. The van der Waals surface area contributed by atoms with E-state index >= 15 is 0 Å². The fourth-order valence-corrected chi connectivity index (χ4v) is 1.65. The van der Waals surface area contributed by atoms with Crippen LogP contribution in [0, 0.1) is 6.92 Å². The summed E-state index contributed by atoms with van der Waals surface area (Å²) in [4.78, 5) is 11.9. The van der Waals surface area contributed by atoms with Gasteiger partial charge in [0.25, 0.3) is 5.91 Å². The Hall–Kier alpha value is -2.18. The van der Waals surface area contributed by atoms with Crippen LogP contribution in [0.5, 0.6) is 0 Å². The Morgan fingerprint density at radius 2 is 2.26 bits per heavy atom. The molecule has 0 saturated heterocycles. The number of aromatic nitrogens is 1. The topological polar surface area (TPSA) is 107 Å². The van der Waals surface area contributed by atoms with Crippen molar-refractivity contribution in [1.29, 1.82) is 0 Å². The molecule has 1 atom stereocenters. The molecule has 19 heavy (non-hydrogen) atoms. The smallest absolute Gasteiger partial charge is 0.277 e. The minimum Gasteiger partial charge on any atom is -0.361 e. The molecule has 0 fully saturated rings. The minimum absolute atomic E-state index is 0.242. The average Bonchev–Trinajstić information content (AvgIpc) is 2.85. The number of nitrogens with two attached hydrogens (primary N) is 2. The predicted molar refractivity (Wildman–Crippen MR) is 71.6 cm³/mol. The molecule has 6 nitrogen and oxygen atoms in total. The third kappa shape index (κ3) is 3.18. The second-order valence-electron chi connectivity index (χ2n) is 4.24. The lowest BCUT2D eigenvalue weighted by atomic mass is 10.1. The van der Waals surface area contributed by atoms with Crippen molar-refractivity contribution in [3.63, 3.8) is 0 Å². The Morgan fingerprint density at radius 1 is 1.47 bits per heavy atom. The average molecular weight is 260 g/mol. The standard InChI is InChI=1S/C13H16N4O2/c1-8-5-12(17-19-8)13(18)16-10-4-2-3-9(6-10)11(15)7-14/h2-6,11H,7,14-15H2,1H3,(H,16,18)/t11-/m1/s1. The highest BCUT2D eigenvalue weighted by atomic mass is 16.5. The van der Waals surface area contributed by atoms with Crippen LogP contribution in [0.2, 0.25) is 0 Å². The van der Waals surface area contributed by atoms with Crippen molar-refractivity contribution in [3.8, 4) is 0 Å². The Labute approximate surface area is 110 Å². The highest BCUT2D eigenvalue weighted by Crippen LogP contribution is 2.16. The number of carbonyl (C=O) groups excluding carboxylic acids is 1. The molecule has 1 amide bonds. The number of anilines is 1. The number of hydrogen-bond acceptors (Lipinski definition) is 5. The lowest BCUT2D eigenvalue weighted by Crippen LogP contribution is -2.21. The monoisotopic (exact) mass is 260 g/mol. The van der Waals surface area contributed by atoms with E-state index in [1.54, 1.807) is 25.1 Å². The van der Waals surface area contributed by atoms with Crippen molar-refractivity contribution >= 4 is 11.6 Å². The van der Waals surface area contributed by atoms with Gasteiger partial charge in [0, 0.05) is 24.3 Å². The van der Waals surface area contributed by atoms with E-state index in [1.807, 2.05) is 12.1 Å². The van der Waals surface area contributed by atoms with Gasteiger partial charge in [-0.1, -0.05) is 17.3 Å². The number of nitrogens with one attached hydrogen (secondary N) is 1. The number of benzene rings is 1. The maximum atomic E-state index is 11.9. The summed E-state index contributed by atoms with van der Waals surface area (Å²) in [5.74, 6) is 0.263. The summed E-state index contributed by atoms with van der Waals surface area (Å²) >= 11 is 0. The SMILES string of the molecule is Cc1cc(C(=O)Nc2cccc([C@H](N)CN)c2)no1. The Morgan fingerprint density at radius 3 is 2.89 bits per heavy atom. The molecule has 0 bridgehead atoms. The van der Waals surface area contributed by atoms with E-state index in [-0.39, 0.29) is 17.6 Å². The molecule has 0 aliphatic carbocycles. The Kier molecular flexibility index (Phi) is 3.94. The quantitative estimate of drug-likeness (QED) is 0.765. The van der Waals surface area contributed by atoms with E-state index in [0.717, 1.165) is 5.56 Å².